The molecular formula is C14H12F4N2O3. The van der Waals surface area contributed by atoms with Crippen LogP contribution in [0.3, 0.4) is 0 Å². The van der Waals surface area contributed by atoms with Gasteiger partial charge in [0.25, 0.3) is 5.91 Å². The monoisotopic (exact) mass is 332 g/mol. The summed E-state index contributed by atoms with van der Waals surface area (Å²) in [6, 6.07) is 2.93. The van der Waals surface area contributed by atoms with Crippen LogP contribution in [0, 0.1) is 5.82 Å². The van der Waals surface area contributed by atoms with Gasteiger partial charge in [-0.3, -0.25) is 10.1 Å². The van der Waals surface area contributed by atoms with Crippen LogP contribution in [0.1, 0.15) is 15.9 Å². The molecule has 1 saturated heterocycles. The second kappa shape index (κ2) is 5.48. The number of benzene rings is 1. The Hall–Kier alpha value is -2.16. The minimum Gasteiger partial charge on any atom is -0.438 e. The molecule has 1 amide bonds. The van der Waals surface area contributed by atoms with E-state index in [-0.39, 0.29) is 25.1 Å². The largest absolute Gasteiger partial charge is 0.490 e. The van der Waals surface area contributed by atoms with Crippen molar-refractivity contribution in [2.75, 3.05) is 13.1 Å². The van der Waals surface area contributed by atoms with Crippen LogP contribution in [0.4, 0.5) is 17.6 Å². The van der Waals surface area contributed by atoms with Crippen LogP contribution in [-0.4, -0.2) is 48.3 Å². The summed E-state index contributed by atoms with van der Waals surface area (Å²) in [6.45, 7) is 0.405. The quantitative estimate of drug-likeness (QED) is 0.621. The second-order valence-electron chi connectivity index (χ2n) is 5.35. The van der Waals surface area contributed by atoms with E-state index in [1.807, 2.05) is 0 Å². The van der Waals surface area contributed by atoms with Crippen molar-refractivity contribution in [2.45, 2.75) is 24.9 Å². The lowest BCUT2D eigenvalue weighted by Crippen LogP contribution is -2.63. The molecule has 1 aromatic rings. The van der Waals surface area contributed by atoms with Gasteiger partial charge >= 0.3 is 12.1 Å². The van der Waals surface area contributed by atoms with Gasteiger partial charge in [-0.15, -0.1) is 0 Å². The maximum atomic E-state index is 13.3. The first-order valence-electron chi connectivity index (χ1n) is 6.88. The summed E-state index contributed by atoms with van der Waals surface area (Å²) in [5.41, 5.74) is 0.693. The van der Waals surface area contributed by atoms with Crippen LogP contribution in [0.25, 0.3) is 0 Å². The highest BCUT2D eigenvalue weighted by molar-refractivity contribution is 5.97. The summed E-state index contributed by atoms with van der Waals surface area (Å²) < 4.78 is 54.9. The zero-order valence-electron chi connectivity index (χ0n) is 11.7. The predicted octanol–water partition coefficient (Wildman–Crippen LogP) is 1.23. The first-order chi connectivity index (χ1) is 10.8. The average molecular weight is 332 g/mol. The van der Waals surface area contributed by atoms with Crippen molar-refractivity contribution in [2.24, 2.45) is 0 Å². The summed E-state index contributed by atoms with van der Waals surface area (Å²) in [5, 5.41) is 2.67. The SMILES string of the molecule is O=C1c2cc(F)ccc2CC2C(OC(=O)C(F)(F)F)NCCN12. The van der Waals surface area contributed by atoms with E-state index in [0.29, 0.717) is 5.56 Å². The van der Waals surface area contributed by atoms with Crippen LogP contribution in [-0.2, 0) is 16.0 Å². The van der Waals surface area contributed by atoms with Crippen molar-refractivity contribution < 1.29 is 31.9 Å². The number of ether oxygens (including phenoxy) is 1. The minimum absolute atomic E-state index is 0.169. The van der Waals surface area contributed by atoms with Gasteiger partial charge in [0, 0.05) is 18.7 Å². The molecule has 2 unspecified atom stereocenters. The van der Waals surface area contributed by atoms with Gasteiger partial charge in [0.2, 0.25) is 0 Å². The second-order valence-corrected chi connectivity index (χ2v) is 5.35. The van der Waals surface area contributed by atoms with E-state index in [1.54, 1.807) is 0 Å². The molecule has 1 N–H and O–H groups in total. The van der Waals surface area contributed by atoms with E-state index in [0.717, 1.165) is 6.07 Å². The van der Waals surface area contributed by atoms with Gasteiger partial charge in [-0.1, -0.05) is 6.07 Å². The number of rotatable bonds is 1. The number of piperazine rings is 1. The third-order valence-corrected chi connectivity index (χ3v) is 3.91. The van der Waals surface area contributed by atoms with Crippen molar-refractivity contribution in [3.8, 4) is 0 Å². The lowest BCUT2D eigenvalue weighted by Gasteiger charge is -2.44. The number of fused-ring (bicyclic) bond motifs is 2. The Morgan fingerprint density at radius 2 is 2.09 bits per heavy atom. The van der Waals surface area contributed by atoms with Gasteiger partial charge < -0.3 is 9.64 Å². The summed E-state index contributed by atoms with van der Waals surface area (Å²) in [7, 11) is 0. The lowest BCUT2D eigenvalue weighted by molar-refractivity contribution is -0.210. The fraction of sp³-hybridized carbons (Fsp3) is 0.429. The standard InChI is InChI=1S/C14H12F4N2O3/c15-8-2-1-7-5-10-11(23-13(22)14(16,17)18)19-3-4-20(10)12(21)9(7)6-8/h1-2,6,10-11,19H,3-5H2. The molecule has 1 aromatic carbocycles. The molecule has 2 atom stereocenters. The van der Waals surface area contributed by atoms with Crippen molar-refractivity contribution in [3.63, 3.8) is 0 Å². The topological polar surface area (TPSA) is 58.6 Å². The van der Waals surface area contributed by atoms with Crippen molar-refractivity contribution in [3.05, 3.63) is 35.1 Å². The molecule has 5 nitrogen and oxygen atoms in total. The summed E-state index contributed by atoms with van der Waals surface area (Å²) in [4.78, 5) is 24.8. The normalized spacial score (nSPS) is 24.0. The lowest BCUT2D eigenvalue weighted by atomic mass is 9.91. The Kier molecular flexibility index (Phi) is 3.75. The predicted molar refractivity (Wildman–Crippen MR) is 68.9 cm³/mol. The minimum atomic E-state index is -5.11. The Bertz CT molecular complexity index is 662. The van der Waals surface area contributed by atoms with E-state index >= 15 is 0 Å². The maximum absolute atomic E-state index is 13.3. The van der Waals surface area contributed by atoms with E-state index in [4.69, 9.17) is 0 Å². The van der Waals surface area contributed by atoms with Crippen LogP contribution in [0.2, 0.25) is 0 Å². The zero-order valence-corrected chi connectivity index (χ0v) is 11.7. The third kappa shape index (κ3) is 2.88. The summed E-state index contributed by atoms with van der Waals surface area (Å²) >= 11 is 0. The Morgan fingerprint density at radius 1 is 1.35 bits per heavy atom. The molecule has 0 aromatic heterocycles. The van der Waals surface area contributed by atoms with Gasteiger partial charge in [-0.05, 0) is 24.1 Å². The molecule has 23 heavy (non-hydrogen) atoms. The molecule has 2 heterocycles. The van der Waals surface area contributed by atoms with Crippen LogP contribution in [0.15, 0.2) is 18.2 Å². The molecule has 0 bridgehead atoms. The fourth-order valence-electron chi connectivity index (χ4n) is 2.87. The highest BCUT2D eigenvalue weighted by atomic mass is 19.4. The highest BCUT2D eigenvalue weighted by Gasteiger charge is 2.46. The number of alkyl halides is 3. The van der Waals surface area contributed by atoms with Crippen molar-refractivity contribution in [1.82, 2.24) is 10.2 Å². The van der Waals surface area contributed by atoms with Gasteiger partial charge in [0.05, 0.1) is 6.04 Å². The summed E-state index contributed by atoms with van der Waals surface area (Å²) in [6.07, 6.45) is -6.20. The molecule has 2 aliphatic rings. The number of esters is 1. The molecule has 1 fully saturated rings. The van der Waals surface area contributed by atoms with E-state index < -0.39 is 36.1 Å². The third-order valence-electron chi connectivity index (χ3n) is 3.91. The fourth-order valence-corrected chi connectivity index (χ4v) is 2.87. The number of halogens is 4. The molecule has 3 rings (SSSR count). The number of amides is 1. The van der Waals surface area contributed by atoms with Gasteiger partial charge in [-0.2, -0.15) is 13.2 Å². The van der Waals surface area contributed by atoms with Crippen LogP contribution < -0.4 is 5.32 Å². The van der Waals surface area contributed by atoms with Crippen LogP contribution in [0.5, 0.6) is 0 Å². The van der Waals surface area contributed by atoms with E-state index in [1.165, 1.54) is 17.0 Å². The molecule has 0 spiro atoms. The number of hydrogen-bond donors (Lipinski definition) is 1. The molecular weight excluding hydrogens is 320 g/mol. The van der Waals surface area contributed by atoms with Gasteiger partial charge in [0.1, 0.15) is 5.82 Å². The number of hydrogen-bond acceptors (Lipinski definition) is 4. The smallest absolute Gasteiger partial charge is 0.438 e. The Morgan fingerprint density at radius 3 is 2.78 bits per heavy atom. The van der Waals surface area contributed by atoms with Gasteiger partial charge in [0.15, 0.2) is 6.23 Å². The molecule has 0 radical (unpaired) electrons. The maximum Gasteiger partial charge on any atom is 0.490 e. The first-order valence-corrected chi connectivity index (χ1v) is 6.88. The summed E-state index contributed by atoms with van der Waals surface area (Å²) in [5.74, 6) is -3.36. The van der Waals surface area contributed by atoms with Gasteiger partial charge in [-0.25, -0.2) is 9.18 Å². The molecule has 9 heteroatoms. The molecule has 0 saturated carbocycles. The number of carbonyl (C=O) groups is 2. The van der Waals surface area contributed by atoms with E-state index in [2.05, 4.69) is 10.1 Å². The van der Waals surface area contributed by atoms with Crippen LogP contribution >= 0.6 is 0 Å². The molecule has 124 valence electrons. The zero-order chi connectivity index (χ0) is 16.8. The number of nitrogens with one attached hydrogen (secondary N) is 1. The average Bonchev–Trinajstić information content (AvgIpc) is 2.48. The first kappa shape index (κ1) is 15.7. The molecule has 2 aliphatic heterocycles. The number of nitrogens with zero attached hydrogens (tertiary/aromatic N) is 1. The van der Waals surface area contributed by atoms with Crippen molar-refractivity contribution >= 4 is 11.9 Å². The molecule has 0 aliphatic carbocycles. The Labute approximate surface area is 128 Å². The van der Waals surface area contributed by atoms with E-state index in [9.17, 15) is 27.2 Å². The number of carbonyl (C=O) groups excluding carboxylic acids is 2. The highest BCUT2D eigenvalue weighted by Crippen LogP contribution is 2.28. The van der Waals surface area contributed by atoms with Crippen molar-refractivity contribution in [1.29, 1.82) is 0 Å². The Balaban J connectivity index is 1.87.